The molecular formula is C18H23N3O5S. The van der Waals surface area contributed by atoms with E-state index in [2.05, 4.69) is 5.32 Å². The van der Waals surface area contributed by atoms with Gasteiger partial charge in [-0.1, -0.05) is 12.8 Å². The summed E-state index contributed by atoms with van der Waals surface area (Å²) in [7, 11) is -3.58. The summed E-state index contributed by atoms with van der Waals surface area (Å²) < 4.78 is 31.8. The van der Waals surface area contributed by atoms with Crippen molar-refractivity contribution < 1.29 is 22.7 Å². The molecule has 1 aromatic carbocycles. The SMILES string of the molecule is N#CCCNC(=O)COC(=O)c1ccc(S(=O)(=O)N2CCCCCC2)cc1. The van der Waals surface area contributed by atoms with Crippen LogP contribution in [0.3, 0.4) is 0 Å². The van der Waals surface area contributed by atoms with Crippen molar-refractivity contribution in [2.45, 2.75) is 37.0 Å². The van der Waals surface area contributed by atoms with Crippen molar-refractivity contribution in [3.63, 3.8) is 0 Å². The molecule has 1 heterocycles. The first-order valence-electron chi connectivity index (χ1n) is 8.86. The van der Waals surface area contributed by atoms with Gasteiger partial charge in [-0.25, -0.2) is 13.2 Å². The minimum atomic E-state index is -3.58. The van der Waals surface area contributed by atoms with Crippen LogP contribution in [0.2, 0.25) is 0 Å². The van der Waals surface area contributed by atoms with Crippen molar-refractivity contribution in [2.24, 2.45) is 0 Å². The van der Waals surface area contributed by atoms with Crippen LogP contribution in [0.4, 0.5) is 0 Å². The standard InChI is InChI=1S/C18H23N3O5S/c19-10-5-11-20-17(22)14-26-18(23)15-6-8-16(9-7-15)27(24,25)21-12-3-1-2-4-13-21/h6-9H,1-5,11-14H2,(H,20,22). The van der Waals surface area contributed by atoms with Gasteiger partial charge in [0.05, 0.1) is 22.9 Å². The second-order valence-corrected chi connectivity index (χ2v) is 8.11. The number of hydrogen-bond donors (Lipinski definition) is 1. The Balaban J connectivity index is 1.94. The molecule has 0 bridgehead atoms. The number of carbonyl (C=O) groups is 2. The van der Waals surface area contributed by atoms with Crippen LogP contribution < -0.4 is 5.32 Å². The molecule has 0 atom stereocenters. The van der Waals surface area contributed by atoms with Crippen LogP contribution in [-0.2, 0) is 19.6 Å². The summed E-state index contributed by atoms with van der Waals surface area (Å²) in [4.78, 5) is 23.6. The third kappa shape index (κ3) is 6.05. The smallest absolute Gasteiger partial charge is 0.338 e. The number of nitriles is 1. The maximum Gasteiger partial charge on any atom is 0.338 e. The lowest BCUT2D eigenvalue weighted by Crippen LogP contribution is -2.32. The van der Waals surface area contributed by atoms with Gasteiger partial charge in [-0.3, -0.25) is 4.79 Å². The largest absolute Gasteiger partial charge is 0.452 e. The molecule has 2 rings (SSSR count). The molecule has 1 aliphatic heterocycles. The molecule has 0 unspecified atom stereocenters. The average molecular weight is 393 g/mol. The van der Waals surface area contributed by atoms with Gasteiger partial charge in [-0.05, 0) is 37.1 Å². The fourth-order valence-electron chi connectivity index (χ4n) is 2.72. The molecular weight excluding hydrogens is 370 g/mol. The number of hydrogen-bond acceptors (Lipinski definition) is 6. The quantitative estimate of drug-likeness (QED) is 0.553. The Kier molecular flexibility index (Phi) is 7.76. The molecule has 1 saturated heterocycles. The molecule has 1 aromatic rings. The number of sulfonamides is 1. The summed E-state index contributed by atoms with van der Waals surface area (Å²) in [6.07, 6.45) is 3.93. The van der Waals surface area contributed by atoms with Crippen molar-refractivity contribution >= 4 is 21.9 Å². The van der Waals surface area contributed by atoms with Crippen molar-refractivity contribution in [3.05, 3.63) is 29.8 Å². The number of rotatable bonds is 7. The second kappa shape index (κ2) is 10.0. The lowest BCUT2D eigenvalue weighted by molar-refractivity contribution is -0.124. The zero-order valence-electron chi connectivity index (χ0n) is 15.0. The molecule has 1 N–H and O–H groups in total. The average Bonchev–Trinajstić information content (AvgIpc) is 2.96. The van der Waals surface area contributed by atoms with Crippen molar-refractivity contribution in [3.8, 4) is 6.07 Å². The van der Waals surface area contributed by atoms with Crippen LogP contribution in [0.15, 0.2) is 29.2 Å². The highest BCUT2D eigenvalue weighted by Crippen LogP contribution is 2.20. The summed E-state index contributed by atoms with van der Waals surface area (Å²) in [5.74, 6) is -1.22. The van der Waals surface area contributed by atoms with Crippen LogP contribution in [0.1, 0.15) is 42.5 Å². The van der Waals surface area contributed by atoms with Crippen LogP contribution in [0, 0.1) is 11.3 Å². The maximum atomic E-state index is 12.7. The topological polar surface area (TPSA) is 117 Å². The molecule has 0 saturated carbocycles. The highest BCUT2D eigenvalue weighted by molar-refractivity contribution is 7.89. The first-order chi connectivity index (χ1) is 12.9. The van der Waals surface area contributed by atoms with E-state index in [1.807, 2.05) is 6.07 Å². The normalized spacial score (nSPS) is 15.4. The zero-order chi connectivity index (χ0) is 19.7. The molecule has 0 aliphatic carbocycles. The highest BCUT2D eigenvalue weighted by atomic mass is 32.2. The number of amides is 1. The molecule has 0 aromatic heterocycles. The Labute approximate surface area is 159 Å². The van der Waals surface area contributed by atoms with Gasteiger partial charge in [-0.15, -0.1) is 0 Å². The van der Waals surface area contributed by atoms with E-state index in [1.165, 1.54) is 28.6 Å². The molecule has 1 fully saturated rings. The van der Waals surface area contributed by atoms with E-state index in [0.717, 1.165) is 25.7 Å². The maximum absolute atomic E-state index is 12.7. The second-order valence-electron chi connectivity index (χ2n) is 6.18. The number of nitrogens with one attached hydrogen (secondary N) is 1. The molecule has 146 valence electrons. The van der Waals surface area contributed by atoms with E-state index in [9.17, 15) is 18.0 Å². The summed E-state index contributed by atoms with van der Waals surface area (Å²) in [6, 6.07) is 7.39. The van der Waals surface area contributed by atoms with Gasteiger partial charge in [0.15, 0.2) is 6.61 Å². The monoisotopic (exact) mass is 393 g/mol. The van der Waals surface area contributed by atoms with Gasteiger partial charge in [-0.2, -0.15) is 9.57 Å². The minimum absolute atomic E-state index is 0.134. The number of ether oxygens (including phenoxy) is 1. The Morgan fingerprint density at radius 2 is 1.74 bits per heavy atom. The van der Waals surface area contributed by atoms with Crippen molar-refractivity contribution in [2.75, 3.05) is 26.2 Å². The van der Waals surface area contributed by atoms with E-state index in [-0.39, 0.29) is 23.4 Å². The summed E-state index contributed by atoms with van der Waals surface area (Å²) in [5, 5.41) is 10.8. The van der Waals surface area contributed by atoms with Gasteiger partial charge in [0.1, 0.15) is 0 Å². The molecule has 1 aliphatic rings. The van der Waals surface area contributed by atoms with Crippen molar-refractivity contribution in [1.29, 1.82) is 5.26 Å². The van der Waals surface area contributed by atoms with E-state index in [1.54, 1.807) is 0 Å². The molecule has 0 radical (unpaired) electrons. The molecule has 9 heteroatoms. The van der Waals surface area contributed by atoms with Crippen LogP contribution in [0.5, 0.6) is 0 Å². The van der Waals surface area contributed by atoms with Gasteiger partial charge in [0, 0.05) is 19.6 Å². The minimum Gasteiger partial charge on any atom is -0.452 e. The lowest BCUT2D eigenvalue weighted by Gasteiger charge is -2.19. The van der Waals surface area contributed by atoms with Crippen LogP contribution in [-0.4, -0.2) is 50.8 Å². The molecule has 0 spiro atoms. The molecule has 27 heavy (non-hydrogen) atoms. The molecule has 1 amide bonds. The van der Waals surface area contributed by atoms with Gasteiger partial charge < -0.3 is 10.1 Å². The summed E-state index contributed by atoms with van der Waals surface area (Å²) in [6.45, 7) is 0.744. The number of benzene rings is 1. The highest BCUT2D eigenvalue weighted by Gasteiger charge is 2.25. The third-order valence-corrected chi connectivity index (χ3v) is 6.10. The first kappa shape index (κ1) is 20.9. The summed E-state index contributed by atoms with van der Waals surface area (Å²) in [5.41, 5.74) is 0.162. The van der Waals surface area contributed by atoms with Crippen LogP contribution in [0.25, 0.3) is 0 Å². The fourth-order valence-corrected chi connectivity index (χ4v) is 4.23. The number of carbonyl (C=O) groups excluding carboxylic acids is 2. The van der Waals surface area contributed by atoms with Gasteiger partial charge in [0.2, 0.25) is 10.0 Å². The Morgan fingerprint density at radius 1 is 1.11 bits per heavy atom. The van der Waals surface area contributed by atoms with E-state index in [4.69, 9.17) is 10.00 Å². The third-order valence-electron chi connectivity index (χ3n) is 4.19. The first-order valence-corrected chi connectivity index (χ1v) is 10.3. The van der Waals surface area contributed by atoms with Crippen LogP contribution >= 0.6 is 0 Å². The zero-order valence-corrected chi connectivity index (χ0v) is 15.8. The number of esters is 1. The lowest BCUT2D eigenvalue weighted by atomic mass is 10.2. The van der Waals surface area contributed by atoms with E-state index in [0.29, 0.717) is 13.1 Å². The van der Waals surface area contributed by atoms with Crippen molar-refractivity contribution in [1.82, 2.24) is 9.62 Å². The fraction of sp³-hybridized carbons (Fsp3) is 0.500. The predicted octanol–water partition coefficient (Wildman–Crippen LogP) is 1.44. The van der Waals surface area contributed by atoms with E-state index >= 15 is 0 Å². The van der Waals surface area contributed by atoms with Gasteiger partial charge >= 0.3 is 5.97 Å². The Hall–Kier alpha value is -2.44. The summed E-state index contributed by atoms with van der Waals surface area (Å²) >= 11 is 0. The molecule has 8 nitrogen and oxygen atoms in total. The predicted molar refractivity (Wildman–Crippen MR) is 97.2 cm³/mol. The number of nitrogens with zero attached hydrogens (tertiary/aromatic N) is 2. The van der Waals surface area contributed by atoms with E-state index < -0.39 is 28.5 Å². The Bertz CT molecular complexity index is 791. The Morgan fingerprint density at radius 3 is 2.33 bits per heavy atom. The van der Waals surface area contributed by atoms with Gasteiger partial charge in [0.25, 0.3) is 5.91 Å².